The standard InChI is InChI=1S/C37H24F12O2/c1-2-3-4-5-19-6-8-20(9-7-19)21-12-27(39)33(28(40)13-21)23-16-29(41)34(30(42)17-23)36(45,46)50-24-10-11-25(26(38)18-24)22-14-31(43)35(32(44)15-22)51-37(47,48)49/h6-18H,2-5H2,1H3. The van der Waals surface area contributed by atoms with E-state index in [1.54, 1.807) is 12.1 Å². The SMILES string of the molecule is CCCCCc1ccc(-c2cc(F)c(-c3cc(F)c(C(F)(F)Oc4ccc(-c5cc(F)c(OC(F)(F)F)c(F)c5)c(F)c4)c(F)c3)c(F)c2)cc1. The van der Waals surface area contributed by atoms with Gasteiger partial charge >= 0.3 is 12.5 Å². The van der Waals surface area contributed by atoms with Gasteiger partial charge in [-0.15, -0.1) is 13.2 Å². The minimum absolute atomic E-state index is 0.118. The van der Waals surface area contributed by atoms with Crippen molar-refractivity contribution in [3.05, 3.63) is 131 Å². The van der Waals surface area contributed by atoms with Crippen molar-refractivity contribution in [2.45, 2.75) is 45.1 Å². The van der Waals surface area contributed by atoms with Crippen LogP contribution in [0.1, 0.15) is 37.3 Å². The molecule has 0 saturated carbocycles. The lowest BCUT2D eigenvalue weighted by atomic mass is 9.96. The summed E-state index contributed by atoms with van der Waals surface area (Å²) in [6.45, 7) is 2.07. The van der Waals surface area contributed by atoms with Crippen molar-refractivity contribution in [3.63, 3.8) is 0 Å². The minimum atomic E-state index is -5.45. The first-order chi connectivity index (χ1) is 24.0. The van der Waals surface area contributed by atoms with Crippen LogP contribution in [0.2, 0.25) is 0 Å². The molecular weight excluding hydrogens is 704 g/mol. The lowest BCUT2D eigenvalue weighted by molar-refractivity contribution is -0.276. The quantitative estimate of drug-likeness (QED) is 0.0996. The Bertz CT molecular complexity index is 1990. The normalized spacial score (nSPS) is 11.9. The van der Waals surface area contributed by atoms with Gasteiger partial charge in [0, 0.05) is 11.6 Å². The summed E-state index contributed by atoms with van der Waals surface area (Å²) in [5, 5.41) is 0. The highest BCUT2D eigenvalue weighted by molar-refractivity contribution is 5.72. The molecule has 0 unspecified atom stereocenters. The Hall–Kier alpha value is -5.14. The summed E-state index contributed by atoms with van der Waals surface area (Å²) >= 11 is 0. The van der Waals surface area contributed by atoms with Gasteiger partial charge in [-0.1, -0.05) is 44.0 Å². The van der Waals surface area contributed by atoms with Crippen molar-refractivity contribution < 1.29 is 62.2 Å². The highest BCUT2D eigenvalue weighted by atomic mass is 19.4. The second-order valence-electron chi connectivity index (χ2n) is 11.4. The molecule has 0 bridgehead atoms. The molecule has 0 aliphatic carbocycles. The summed E-state index contributed by atoms with van der Waals surface area (Å²) in [7, 11) is 0. The van der Waals surface area contributed by atoms with E-state index >= 15 is 26.3 Å². The highest BCUT2D eigenvalue weighted by Crippen LogP contribution is 2.40. The van der Waals surface area contributed by atoms with E-state index in [1.165, 1.54) is 0 Å². The van der Waals surface area contributed by atoms with E-state index in [1.807, 2.05) is 12.1 Å². The van der Waals surface area contributed by atoms with Crippen LogP contribution >= 0.6 is 0 Å². The second kappa shape index (κ2) is 14.6. The molecule has 0 aromatic heterocycles. The van der Waals surface area contributed by atoms with Crippen molar-refractivity contribution in [2.24, 2.45) is 0 Å². The maximum atomic E-state index is 15.2. The van der Waals surface area contributed by atoms with Crippen LogP contribution in [0.5, 0.6) is 11.5 Å². The molecule has 0 fully saturated rings. The number of aryl methyl sites for hydroxylation is 1. The molecule has 51 heavy (non-hydrogen) atoms. The molecule has 2 nitrogen and oxygen atoms in total. The third kappa shape index (κ3) is 8.43. The molecule has 14 heteroatoms. The Morgan fingerprint density at radius 1 is 0.510 bits per heavy atom. The van der Waals surface area contributed by atoms with Crippen molar-refractivity contribution in [1.82, 2.24) is 0 Å². The van der Waals surface area contributed by atoms with Crippen LogP contribution in [-0.4, -0.2) is 6.36 Å². The van der Waals surface area contributed by atoms with E-state index in [4.69, 9.17) is 0 Å². The first kappa shape index (κ1) is 37.1. The summed E-state index contributed by atoms with van der Waals surface area (Å²) in [4.78, 5) is 0. The fraction of sp³-hybridized carbons (Fsp3) is 0.189. The van der Waals surface area contributed by atoms with Crippen molar-refractivity contribution in [3.8, 4) is 44.9 Å². The van der Waals surface area contributed by atoms with Crippen LogP contribution in [0.15, 0.2) is 78.9 Å². The van der Waals surface area contributed by atoms with E-state index < -0.39 is 92.5 Å². The van der Waals surface area contributed by atoms with Crippen LogP contribution in [0.4, 0.5) is 52.7 Å². The molecule has 0 aliphatic heterocycles. The predicted molar refractivity (Wildman–Crippen MR) is 163 cm³/mol. The third-order valence-corrected chi connectivity index (χ3v) is 7.73. The zero-order valence-electron chi connectivity index (χ0n) is 26.2. The summed E-state index contributed by atoms with van der Waals surface area (Å²) in [6.07, 6.45) is -6.41. The topological polar surface area (TPSA) is 18.5 Å². The number of halogens is 12. The summed E-state index contributed by atoms with van der Waals surface area (Å²) < 4.78 is 179. The van der Waals surface area contributed by atoms with Crippen LogP contribution in [0.25, 0.3) is 33.4 Å². The van der Waals surface area contributed by atoms with Crippen LogP contribution < -0.4 is 9.47 Å². The molecule has 0 spiro atoms. The zero-order chi connectivity index (χ0) is 37.2. The number of unbranched alkanes of at least 4 members (excludes halogenated alkanes) is 2. The van der Waals surface area contributed by atoms with Gasteiger partial charge in [-0.3, -0.25) is 0 Å². The fourth-order valence-electron chi connectivity index (χ4n) is 5.38. The first-order valence-electron chi connectivity index (χ1n) is 15.2. The summed E-state index contributed by atoms with van der Waals surface area (Å²) in [5.41, 5.74) is -3.38. The second-order valence-corrected chi connectivity index (χ2v) is 11.4. The monoisotopic (exact) mass is 728 g/mol. The Labute approximate surface area is 282 Å². The molecule has 5 aromatic rings. The van der Waals surface area contributed by atoms with Gasteiger partial charge in [0.15, 0.2) is 11.6 Å². The summed E-state index contributed by atoms with van der Waals surface area (Å²) in [6, 6.07) is 11.5. The average molecular weight is 729 g/mol. The van der Waals surface area contributed by atoms with Gasteiger partial charge in [0.2, 0.25) is 5.75 Å². The molecule has 0 radical (unpaired) electrons. The third-order valence-electron chi connectivity index (χ3n) is 7.73. The van der Waals surface area contributed by atoms with Crippen LogP contribution in [0, 0.1) is 40.7 Å². The Kier molecular flexibility index (Phi) is 10.6. The summed E-state index contributed by atoms with van der Waals surface area (Å²) in [5.74, 6) is -14.5. The number of alkyl halides is 5. The Morgan fingerprint density at radius 3 is 1.59 bits per heavy atom. The molecular formula is C37H24F12O2. The van der Waals surface area contributed by atoms with E-state index in [0.29, 0.717) is 17.7 Å². The van der Waals surface area contributed by atoms with Crippen molar-refractivity contribution >= 4 is 0 Å². The number of hydrogen-bond donors (Lipinski definition) is 0. The van der Waals surface area contributed by atoms with Crippen LogP contribution in [0.3, 0.4) is 0 Å². The van der Waals surface area contributed by atoms with Gasteiger partial charge < -0.3 is 9.47 Å². The Morgan fingerprint density at radius 2 is 1.06 bits per heavy atom. The van der Waals surface area contributed by atoms with Crippen LogP contribution in [-0.2, 0) is 12.5 Å². The number of ether oxygens (including phenoxy) is 2. The molecule has 0 aliphatic rings. The average Bonchev–Trinajstić information content (AvgIpc) is 3.02. The van der Waals surface area contributed by atoms with Gasteiger partial charge in [0.25, 0.3) is 0 Å². The maximum absolute atomic E-state index is 15.2. The van der Waals surface area contributed by atoms with Gasteiger partial charge in [0.1, 0.15) is 40.4 Å². The Balaban J connectivity index is 1.37. The van der Waals surface area contributed by atoms with Gasteiger partial charge in [0.05, 0.1) is 5.56 Å². The number of benzene rings is 5. The molecule has 0 amide bonds. The highest BCUT2D eigenvalue weighted by Gasteiger charge is 2.42. The zero-order valence-corrected chi connectivity index (χ0v) is 26.2. The fourth-order valence-corrected chi connectivity index (χ4v) is 5.38. The van der Waals surface area contributed by atoms with Gasteiger partial charge in [-0.05, 0) is 89.2 Å². The maximum Gasteiger partial charge on any atom is 0.573 e. The molecule has 0 N–H and O–H groups in total. The molecule has 268 valence electrons. The number of rotatable bonds is 11. The predicted octanol–water partition coefficient (Wildman–Crippen LogP) is 12.4. The van der Waals surface area contributed by atoms with E-state index in [9.17, 15) is 26.3 Å². The van der Waals surface area contributed by atoms with Crippen molar-refractivity contribution in [2.75, 3.05) is 0 Å². The largest absolute Gasteiger partial charge is 0.573 e. The first-order valence-corrected chi connectivity index (χ1v) is 15.2. The van der Waals surface area contributed by atoms with E-state index in [-0.39, 0.29) is 35.9 Å². The smallest absolute Gasteiger partial charge is 0.429 e. The van der Waals surface area contributed by atoms with Gasteiger partial charge in [-0.2, -0.15) is 8.78 Å². The number of hydrogen-bond acceptors (Lipinski definition) is 2. The molecule has 5 rings (SSSR count). The van der Waals surface area contributed by atoms with E-state index in [2.05, 4.69) is 16.4 Å². The lowest BCUT2D eigenvalue weighted by Crippen LogP contribution is -2.25. The molecule has 0 saturated heterocycles. The van der Waals surface area contributed by atoms with Crippen molar-refractivity contribution in [1.29, 1.82) is 0 Å². The lowest BCUT2D eigenvalue weighted by Gasteiger charge is -2.20. The minimum Gasteiger partial charge on any atom is -0.429 e. The molecule has 0 atom stereocenters. The molecule has 0 heterocycles. The van der Waals surface area contributed by atoms with E-state index in [0.717, 1.165) is 43.4 Å². The molecule has 5 aromatic carbocycles. The van der Waals surface area contributed by atoms with Gasteiger partial charge in [-0.25, -0.2) is 30.7 Å².